The van der Waals surface area contributed by atoms with E-state index >= 15 is 0 Å². The number of rotatable bonds is 3. The number of nitrogens with one attached hydrogen (secondary N) is 1. The lowest BCUT2D eigenvalue weighted by Gasteiger charge is -2.20. The number of hydrogen-bond donors (Lipinski definition) is 2. The molecule has 0 aliphatic carbocycles. The van der Waals surface area contributed by atoms with Gasteiger partial charge in [0.1, 0.15) is 0 Å². The predicted octanol–water partition coefficient (Wildman–Crippen LogP) is 3.43. The highest BCUT2D eigenvalue weighted by Gasteiger charge is 2.13. The van der Waals surface area contributed by atoms with Gasteiger partial charge in [0.2, 0.25) is 0 Å². The van der Waals surface area contributed by atoms with Crippen molar-refractivity contribution in [2.75, 3.05) is 17.3 Å². The molecule has 2 amide bonds. The highest BCUT2D eigenvalue weighted by atomic mass is 16.2. The average Bonchev–Trinajstić information content (AvgIpc) is 2.46. The van der Waals surface area contributed by atoms with Gasteiger partial charge >= 0.3 is 6.03 Å². The number of hydrogen-bond acceptors (Lipinski definition) is 2. The monoisotopic (exact) mass is 283 g/mol. The minimum absolute atomic E-state index is 0.170. The number of amides is 2. The number of nitrogens with zero attached hydrogens (tertiary/aromatic N) is 1. The van der Waals surface area contributed by atoms with E-state index in [9.17, 15) is 4.79 Å². The molecule has 3 N–H and O–H groups in total. The summed E-state index contributed by atoms with van der Waals surface area (Å²) in [4.78, 5) is 13.9. The van der Waals surface area contributed by atoms with Gasteiger partial charge in [0.15, 0.2) is 0 Å². The van der Waals surface area contributed by atoms with Crippen LogP contribution in [0.25, 0.3) is 0 Å². The van der Waals surface area contributed by atoms with Crippen LogP contribution in [0.15, 0.2) is 42.5 Å². The van der Waals surface area contributed by atoms with Gasteiger partial charge in [-0.3, -0.25) is 4.90 Å². The smallest absolute Gasteiger partial charge is 0.326 e. The van der Waals surface area contributed by atoms with Crippen molar-refractivity contribution in [2.24, 2.45) is 5.73 Å². The number of carbonyl (C=O) groups excluding carboxylic acids is 1. The fraction of sp³-hybridized carbons (Fsp3) is 0.235. The molecule has 0 radical (unpaired) electrons. The zero-order valence-electron chi connectivity index (χ0n) is 12.7. The van der Waals surface area contributed by atoms with Crippen molar-refractivity contribution in [1.82, 2.24) is 0 Å². The lowest BCUT2D eigenvalue weighted by molar-refractivity contribution is 0.258. The van der Waals surface area contributed by atoms with Gasteiger partial charge < -0.3 is 11.1 Å². The number of anilines is 2. The van der Waals surface area contributed by atoms with Crippen LogP contribution in [0.2, 0.25) is 0 Å². The van der Waals surface area contributed by atoms with E-state index in [1.807, 2.05) is 50.2 Å². The third kappa shape index (κ3) is 3.61. The molecule has 21 heavy (non-hydrogen) atoms. The quantitative estimate of drug-likeness (QED) is 0.906. The molecule has 4 nitrogen and oxygen atoms in total. The normalized spacial score (nSPS) is 10.3. The summed E-state index contributed by atoms with van der Waals surface area (Å²) in [6, 6.07) is 13.4. The van der Waals surface area contributed by atoms with Gasteiger partial charge in [-0.25, -0.2) is 4.79 Å². The minimum atomic E-state index is -0.170. The van der Waals surface area contributed by atoms with Crippen LogP contribution in [0.5, 0.6) is 0 Å². The van der Waals surface area contributed by atoms with E-state index in [0.717, 1.165) is 22.5 Å². The van der Waals surface area contributed by atoms with E-state index in [-0.39, 0.29) is 6.03 Å². The van der Waals surface area contributed by atoms with Gasteiger partial charge in [0.05, 0.1) is 0 Å². The Labute approximate surface area is 125 Å². The molecule has 0 spiro atoms. The van der Waals surface area contributed by atoms with Crippen molar-refractivity contribution in [3.63, 3.8) is 0 Å². The highest BCUT2D eigenvalue weighted by Crippen LogP contribution is 2.21. The molecule has 0 aliphatic heterocycles. The first-order chi connectivity index (χ1) is 10.0. The first-order valence-corrected chi connectivity index (χ1v) is 6.92. The van der Waals surface area contributed by atoms with Crippen molar-refractivity contribution in [3.8, 4) is 0 Å². The SMILES string of the molecule is Cc1ccc(N(C)C(=O)Nc2cccc(CN)c2)c(C)c1. The fourth-order valence-corrected chi connectivity index (χ4v) is 2.27. The molecule has 2 rings (SSSR count). The second kappa shape index (κ2) is 6.41. The summed E-state index contributed by atoms with van der Waals surface area (Å²) in [5.74, 6) is 0. The van der Waals surface area contributed by atoms with Crippen LogP contribution in [0, 0.1) is 13.8 Å². The van der Waals surface area contributed by atoms with Crippen LogP contribution >= 0.6 is 0 Å². The Morgan fingerprint density at radius 1 is 1.19 bits per heavy atom. The second-order valence-electron chi connectivity index (χ2n) is 5.18. The Morgan fingerprint density at radius 3 is 2.62 bits per heavy atom. The Hall–Kier alpha value is -2.33. The maximum Gasteiger partial charge on any atom is 0.326 e. The van der Waals surface area contributed by atoms with Gasteiger partial charge in [-0.1, -0.05) is 29.8 Å². The largest absolute Gasteiger partial charge is 0.326 e. The van der Waals surface area contributed by atoms with E-state index in [0.29, 0.717) is 6.54 Å². The Balaban J connectivity index is 2.15. The van der Waals surface area contributed by atoms with E-state index < -0.39 is 0 Å². The van der Waals surface area contributed by atoms with Crippen molar-refractivity contribution in [3.05, 3.63) is 59.2 Å². The number of nitrogens with two attached hydrogens (primary N) is 1. The van der Waals surface area contributed by atoms with Crippen LogP contribution in [0.3, 0.4) is 0 Å². The van der Waals surface area contributed by atoms with Crippen LogP contribution in [0.1, 0.15) is 16.7 Å². The van der Waals surface area contributed by atoms with Crippen molar-refractivity contribution in [2.45, 2.75) is 20.4 Å². The molecule has 2 aromatic carbocycles. The van der Waals surface area contributed by atoms with Gasteiger partial charge in [0.25, 0.3) is 0 Å². The number of urea groups is 1. The molecule has 0 aromatic heterocycles. The molecule has 0 aliphatic rings. The molecular weight excluding hydrogens is 262 g/mol. The van der Waals surface area contributed by atoms with E-state index in [4.69, 9.17) is 5.73 Å². The van der Waals surface area contributed by atoms with Gasteiger partial charge in [-0.05, 0) is 43.2 Å². The van der Waals surface area contributed by atoms with E-state index in [1.165, 1.54) is 5.56 Å². The van der Waals surface area contributed by atoms with Crippen LogP contribution in [0.4, 0.5) is 16.2 Å². The lowest BCUT2D eigenvalue weighted by Crippen LogP contribution is -2.31. The van der Waals surface area contributed by atoms with E-state index in [2.05, 4.69) is 11.4 Å². The summed E-state index contributed by atoms with van der Waals surface area (Å²) >= 11 is 0. The minimum Gasteiger partial charge on any atom is -0.326 e. The highest BCUT2D eigenvalue weighted by molar-refractivity contribution is 6.01. The van der Waals surface area contributed by atoms with Gasteiger partial charge in [0, 0.05) is 25.0 Å². The molecule has 110 valence electrons. The van der Waals surface area contributed by atoms with Crippen molar-refractivity contribution < 1.29 is 4.79 Å². The number of benzene rings is 2. The molecule has 4 heteroatoms. The number of carbonyl (C=O) groups is 1. The Kier molecular flexibility index (Phi) is 4.60. The summed E-state index contributed by atoms with van der Waals surface area (Å²) in [5, 5.41) is 2.89. The standard InChI is InChI=1S/C17H21N3O/c1-12-7-8-16(13(2)9-12)20(3)17(21)19-15-6-4-5-14(10-15)11-18/h4-10H,11,18H2,1-3H3,(H,19,21). The summed E-state index contributed by atoms with van der Waals surface area (Å²) in [5.41, 5.74) is 10.5. The molecule has 0 unspecified atom stereocenters. The Morgan fingerprint density at radius 2 is 1.95 bits per heavy atom. The molecule has 0 atom stereocenters. The summed E-state index contributed by atoms with van der Waals surface area (Å²) in [6.45, 7) is 4.49. The second-order valence-corrected chi connectivity index (χ2v) is 5.18. The van der Waals surface area contributed by atoms with Crippen LogP contribution in [-0.2, 0) is 6.54 Å². The van der Waals surface area contributed by atoms with E-state index in [1.54, 1.807) is 11.9 Å². The molecule has 0 heterocycles. The summed E-state index contributed by atoms with van der Waals surface area (Å²) < 4.78 is 0. The zero-order valence-corrected chi connectivity index (χ0v) is 12.7. The molecule has 0 fully saturated rings. The van der Waals surface area contributed by atoms with Gasteiger partial charge in [-0.2, -0.15) is 0 Å². The van der Waals surface area contributed by atoms with Crippen LogP contribution < -0.4 is 16.0 Å². The Bertz CT molecular complexity index is 652. The number of aryl methyl sites for hydroxylation is 2. The molecular formula is C17H21N3O. The zero-order chi connectivity index (χ0) is 15.4. The topological polar surface area (TPSA) is 58.4 Å². The fourth-order valence-electron chi connectivity index (χ4n) is 2.27. The first kappa shape index (κ1) is 15.1. The molecule has 0 bridgehead atoms. The summed E-state index contributed by atoms with van der Waals surface area (Å²) in [7, 11) is 1.76. The third-order valence-corrected chi connectivity index (χ3v) is 3.43. The first-order valence-electron chi connectivity index (χ1n) is 6.92. The maximum atomic E-state index is 12.3. The predicted molar refractivity (Wildman–Crippen MR) is 87.7 cm³/mol. The van der Waals surface area contributed by atoms with Gasteiger partial charge in [-0.15, -0.1) is 0 Å². The average molecular weight is 283 g/mol. The summed E-state index contributed by atoms with van der Waals surface area (Å²) in [6.07, 6.45) is 0. The molecule has 2 aromatic rings. The van der Waals surface area contributed by atoms with Crippen molar-refractivity contribution >= 4 is 17.4 Å². The lowest BCUT2D eigenvalue weighted by atomic mass is 10.1. The molecule has 0 saturated carbocycles. The van der Waals surface area contributed by atoms with Crippen molar-refractivity contribution in [1.29, 1.82) is 0 Å². The van der Waals surface area contributed by atoms with Crippen LogP contribution in [-0.4, -0.2) is 13.1 Å². The molecule has 0 saturated heterocycles. The third-order valence-electron chi connectivity index (χ3n) is 3.43. The maximum absolute atomic E-state index is 12.3.